The van der Waals surface area contributed by atoms with Gasteiger partial charge in [0, 0.05) is 11.8 Å². The number of benzene rings is 1. The maximum atomic E-state index is 13.7. The van der Waals surface area contributed by atoms with Crippen molar-refractivity contribution < 1.29 is 13.9 Å². The molecule has 0 bridgehead atoms. The molecule has 3 nitrogen and oxygen atoms in total. The first-order valence-corrected chi connectivity index (χ1v) is 7.52. The lowest BCUT2D eigenvalue weighted by atomic mass is 9.79. The van der Waals surface area contributed by atoms with E-state index in [1.165, 1.54) is 0 Å². The van der Waals surface area contributed by atoms with Crippen molar-refractivity contribution in [3.63, 3.8) is 0 Å². The molecule has 2 rings (SSSR count). The molecule has 0 amide bonds. The quantitative estimate of drug-likeness (QED) is 0.877. The van der Waals surface area contributed by atoms with E-state index >= 15 is 0 Å². The molecule has 2 atom stereocenters. The Morgan fingerprint density at radius 2 is 2.15 bits per heavy atom. The van der Waals surface area contributed by atoms with Gasteiger partial charge in [0.2, 0.25) is 0 Å². The molecule has 0 spiro atoms. The average Bonchev–Trinajstić information content (AvgIpc) is 2.42. The molecule has 1 fully saturated rings. The normalized spacial score (nSPS) is 24.9. The third-order valence-corrected chi connectivity index (χ3v) is 4.96. The second kappa shape index (κ2) is 5.98. The lowest BCUT2D eigenvalue weighted by Gasteiger charge is -2.45. The van der Waals surface area contributed by atoms with Crippen LogP contribution >= 0.6 is 11.8 Å². The Kier molecular flexibility index (Phi) is 4.51. The molecule has 2 unspecified atom stereocenters. The molecular weight excluding hydrogens is 282 g/mol. The zero-order chi connectivity index (χ0) is 14.8. The fraction of sp³-hybridized carbons (Fsp3) is 0.500. The number of aliphatic hydroxyl groups is 1. The summed E-state index contributed by atoms with van der Waals surface area (Å²) < 4.78 is 27.4. The first-order chi connectivity index (χ1) is 9.50. The van der Waals surface area contributed by atoms with E-state index in [0.717, 1.165) is 24.3 Å². The standard InChI is InChI=1S/C14H16F2N2OS/c1-2-20-12-3-4-14(12,19)8-18-13-10(15)5-9(7-17)6-11(13)16/h5-6,12,18-19H,2-4,8H2,1H3. The van der Waals surface area contributed by atoms with Crippen molar-refractivity contribution in [2.24, 2.45) is 0 Å². The molecular formula is C14H16F2N2OS. The van der Waals surface area contributed by atoms with E-state index in [1.54, 1.807) is 17.8 Å². The Morgan fingerprint density at radius 1 is 1.50 bits per heavy atom. The summed E-state index contributed by atoms with van der Waals surface area (Å²) in [7, 11) is 0. The highest BCUT2D eigenvalue weighted by atomic mass is 32.2. The van der Waals surface area contributed by atoms with Gasteiger partial charge in [0.15, 0.2) is 11.6 Å². The van der Waals surface area contributed by atoms with Gasteiger partial charge in [-0.15, -0.1) is 0 Å². The Hall–Kier alpha value is -1.32. The number of nitriles is 1. The fourth-order valence-electron chi connectivity index (χ4n) is 2.29. The molecule has 0 saturated heterocycles. The van der Waals surface area contributed by atoms with Crippen LogP contribution in [0.2, 0.25) is 0 Å². The first kappa shape index (κ1) is 15.1. The monoisotopic (exact) mass is 298 g/mol. The van der Waals surface area contributed by atoms with Crippen molar-refractivity contribution in [3.8, 4) is 6.07 Å². The molecule has 0 radical (unpaired) electrons. The summed E-state index contributed by atoms with van der Waals surface area (Å²) in [5, 5.41) is 21.7. The topological polar surface area (TPSA) is 56.0 Å². The summed E-state index contributed by atoms with van der Waals surface area (Å²) in [4.78, 5) is 0. The van der Waals surface area contributed by atoms with Crippen LogP contribution in [0.1, 0.15) is 25.3 Å². The lowest BCUT2D eigenvalue weighted by molar-refractivity contribution is -0.0120. The Bertz CT molecular complexity index is 523. The number of nitrogens with one attached hydrogen (secondary N) is 1. The molecule has 20 heavy (non-hydrogen) atoms. The molecule has 6 heteroatoms. The molecule has 108 valence electrons. The number of hydrogen-bond donors (Lipinski definition) is 2. The van der Waals surface area contributed by atoms with Gasteiger partial charge in [-0.05, 0) is 30.7 Å². The molecule has 1 aliphatic carbocycles. The van der Waals surface area contributed by atoms with Crippen LogP contribution in [0.5, 0.6) is 0 Å². The summed E-state index contributed by atoms with van der Waals surface area (Å²) in [5.41, 5.74) is -1.27. The minimum Gasteiger partial charge on any atom is -0.387 e. The summed E-state index contributed by atoms with van der Waals surface area (Å²) >= 11 is 1.65. The Morgan fingerprint density at radius 3 is 2.60 bits per heavy atom. The van der Waals surface area contributed by atoms with Gasteiger partial charge in [-0.2, -0.15) is 17.0 Å². The first-order valence-electron chi connectivity index (χ1n) is 6.47. The number of hydrogen-bond acceptors (Lipinski definition) is 4. The largest absolute Gasteiger partial charge is 0.387 e. The van der Waals surface area contributed by atoms with Gasteiger partial charge in [0.1, 0.15) is 5.69 Å². The molecule has 1 aromatic rings. The Balaban J connectivity index is 2.07. The number of nitrogens with zero attached hydrogens (tertiary/aromatic N) is 1. The van der Waals surface area contributed by atoms with Gasteiger partial charge in [0.05, 0.1) is 17.2 Å². The zero-order valence-electron chi connectivity index (χ0n) is 11.1. The summed E-state index contributed by atoms with van der Waals surface area (Å²) in [5.74, 6) is -0.736. The zero-order valence-corrected chi connectivity index (χ0v) is 11.9. The molecule has 1 aromatic carbocycles. The summed E-state index contributed by atoms with van der Waals surface area (Å²) in [6.45, 7) is 2.11. The highest BCUT2D eigenvalue weighted by molar-refractivity contribution is 8.00. The van der Waals surface area contributed by atoms with Crippen molar-refractivity contribution in [3.05, 3.63) is 29.3 Å². The van der Waals surface area contributed by atoms with Crippen molar-refractivity contribution in [2.45, 2.75) is 30.6 Å². The van der Waals surface area contributed by atoms with Crippen LogP contribution in [0, 0.1) is 23.0 Å². The highest BCUT2D eigenvalue weighted by Crippen LogP contribution is 2.41. The second-order valence-electron chi connectivity index (χ2n) is 4.87. The van der Waals surface area contributed by atoms with E-state index in [4.69, 9.17) is 5.26 Å². The molecule has 0 aliphatic heterocycles. The van der Waals surface area contributed by atoms with Crippen molar-refractivity contribution in [1.29, 1.82) is 5.26 Å². The second-order valence-corrected chi connectivity index (χ2v) is 6.35. The average molecular weight is 298 g/mol. The minimum atomic E-state index is -0.923. The summed E-state index contributed by atoms with van der Waals surface area (Å²) in [6.07, 6.45) is 1.53. The van der Waals surface area contributed by atoms with E-state index in [2.05, 4.69) is 5.32 Å². The summed E-state index contributed by atoms with van der Waals surface area (Å²) in [6, 6.07) is 3.66. The van der Waals surface area contributed by atoms with Crippen LogP contribution in [0.25, 0.3) is 0 Å². The molecule has 1 saturated carbocycles. The van der Waals surface area contributed by atoms with E-state index in [-0.39, 0.29) is 23.0 Å². The van der Waals surface area contributed by atoms with Crippen LogP contribution in [0.4, 0.5) is 14.5 Å². The van der Waals surface area contributed by atoms with Crippen molar-refractivity contribution in [2.75, 3.05) is 17.6 Å². The van der Waals surface area contributed by atoms with Gasteiger partial charge in [-0.3, -0.25) is 0 Å². The van der Waals surface area contributed by atoms with Crippen LogP contribution in [-0.4, -0.2) is 28.3 Å². The van der Waals surface area contributed by atoms with Crippen LogP contribution in [0.15, 0.2) is 12.1 Å². The van der Waals surface area contributed by atoms with Crippen LogP contribution in [0.3, 0.4) is 0 Å². The smallest absolute Gasteiger partial charge is 0.150 e. The van der Waals surface area contributed by atoms with E-state index in [9.17, 15) is 13.9 Å². The lowest BCUT2D eigenvalue weighted by Crippen LogP contribution is -2.54. The number of thioether (sulfide) groups is 1. The maximum absolute atomic E-state index is 13.7. The van der Waals surface area contributed by atoms with Gasteiger partial charge in [-0.1, -0.05) is 6.92 Å². The number of rotatable bonds is 5. The van der Waals surface area contributed by atoms with Crippen LogP contribution in [-0.2, 0) is 0 Å². The minimum absolute atomic E-state index is 0.0627. The molecule has 1 aliphatic rings. The predicted octanol–water partition coefficient (Wildman–Crippen LogP) is 2.89. The fourth-order valence-corrected chi connectivity index (χ4v) is 3.48. The van der Waals surface area contributed by atoms with E-state index < -0.39 is 17.2 Å². The molecule has 0 aromatic heterocycles. The molecule has 0 heterocycles. The Labute approximate surface area is 121 Å². The molecule has 2 N–H and O–H groups in total. The third-order valence-electron chi connectivity index (χ3n) is 3.55. The van der Waals surface area contributed by atoms with E-state index in [1.807, 2.05) is 6.92 Å². The van der Waals surface area contributed by atoms with Gasteiger partial charge < -0.3 is 10.4 Å². The number of halogens is 2. The van der Waals surface area contributed by atoms with Crippen LogP contribution < -0.4 is 5.32 Å². The van der Waals surface area contributed by atoms with Gasteiger partial charge in [0.25, 0.3) is 0 Å². The van der Waals surface area contributed by atoms with E-state index in [0.29, 0.717) is 6.42 Å². The third kappa shape index (κ3) is 2.89. The van der Waals surface area contributed by atoms with Gasteiger partial charge in [-0.25, -0.2) is 8.78 Å². The highest BCUT2D eigenvalue weighted by Gasteiger charge is 2.45. The maximum Gasteiger partial charge on any atom is 0.150 e. The van der Waals surface area contributed by atoms with Gasteiger partial charge >= 0.3 is 0 Å². The van der Waals surface area contributed by atoms with Crippen molar-refractivity contribution >= 4 is 17.4 Å². The number of anilines is 1. The predicted molar refractivity (Wildman–Crippen MR) is 75.7 cm³/mol. The van der Waals surface area contributed by atoms with Crippen molar-refractivity contribution in [1.82, 2.24) is 0 Å². The SMILES string of the molecule is CCSC1CCC1(O)CNc1c(F)cc(C#N)cc1F.